The molecule has 86 valence electrons. The van der Waals surface area contributed by atoms with Gasteiger partial charge >= 0.3 is 0 Å². The lowest BCUT2D eigenvalue weighted by molar-refractivity contribution is 0.511. The summed E-state index contributed by atoms with van der Waals surface area (Å²) in [6.07, 6.45) is 1.76. The van der Waals surface area contributed by atoms with Crippen molar-refractivity contribution in [1.29, 1.82) is 5.26 Å². The van der Waals surface area contributed by atoms with Gasteiger partial charge in [0.2, 0.25) is 0 Å². The highest BCUT2D eigenvalue weighted by atomic mass is 79.9. The van der Waals surface area contributed by atoms with Gasteiger partial charge in [-0.1, -0.05) is 6.92 Å². The molecule has 16 heavy (non-hydrogen) atoms. The summed E-state index contributed by atoms with van der Waals surface area (Å²) in [5, 5.41) is 13.2. The van der Waals surface area contributed by atoms with Crippen LogP contribution in [0.25, 0.3) is 0 Å². The SMILES string of the molecule is CCNC(C)(C#N)CSc1ccc(Br)cn1. The van der Waals surface area contributed by atoms with Crippen LogP contribution in [0.15, 0.2) is 27.8 Å². The number of nitrogens with one attached hydrogen (secondary N) is 1. The van der Waals surface area contributed by atoms with Crippen LogP contribution in [0.1, 0.15) is 13.8 Å². The molecule has 0 spiro atoms. The van der Waals surface area contributed by atoms with Crippen LogP contribution in [-0.2, 0) is 0 Å². The van der Waals surface area contributed by atoms with Crippen molar-refractivity contribution >= 4 is 27.7 Å². The Morgan fingerprint density at radius 3 is 2.88 bits per heavy atom. The van der Waals surface area contributed by atoms with Crippen molar-refractivity contribution in [2.75, 3.05) is 12.3 Å². The Labute approximate surface area is 109 Å². The second-order valence-electron chi connectivity index (χ2n) is 3.58. The molecular formula is C11H14BrN3S. The molecule has 1 heterocycles. The van der Waals surface area contributed by atoms with E-state index in [9.17, 15) is 0 Å². The lowest BCUT2D eigenvalue weighted by Crippen LogP contribution is -2.43. The zero-order valence-electron chi connectivity index (χ0n) is 9.33. The Balaban J connectivity index is 2.56. The van der Waals surface area contributed by atoms with Crippen LogP contribution in [0.2, 0.25) is 0 Å². The predicted octanol–water partition coefficient (Wildman–Crippen LogP) is 2.83. The van der Waals surface area contributed by atoms with Gasteiger partial charge in [-0.05, 0) is 41.5 Å². The molecule has 1 unspecified atom stereocenters. The standard InChI is InChI=1S/C11H14BrN3S/c1-3-15-11(2,7-13)8-16-10-5-4-9(12)6-14-10/h4-6,15H,3,8H2,1-2H3. The average molecular weight is 300 g/mol. The van der Waals surface area contributed by atoms with Crippen molar-refractivity contribution in [3.63, 3.8) is 0 Å². The minimum Gasteiger partial charge on any atom is -0.299 e. The van der Waals surface area contributed by atoms with E-state index in [4.69, 9.17) is 5.26 Å². The number of nitriles is 1. The van der Waals surface area contributed by atoms with Gasteiger partial charge < -0.3 is 0 Å². The van der Waals surface area contributed by atoms with Crippen molar-refractivity contribution in [2.45, 2.75) is 24.4 Å². The first-order valence-corrected chi connectivity index (χ1v) is 6.78. The third-order valence-electron chi connectivity index (χ3n) is 2.02. The van der Waals surface area contributed by atoms with E-state index >= 15 is 0 Å². The van der Waals surface area contributed by atoms with Crippen molar-refractivity contribution < 1.29 is 0 Å². The molecule has 0 saturated heterocycles. The highest BCUT2D eigenvalue weighted by Gasteiger charge is 2.22. The molecule has 3 nitrogen and oxygen atoms in total. The second kappa shape index (κ2) is 6.24. The van der Waals surface area contributed by atoms with E-state index in [1.54, 1.807) is 18.0 Å². The smallest absolute Gasteiger partial charge is 0.113 e. The number of aromatic nitrogens is 1. The lowest BCUT2D eigenvalue weighted by atomic mass is 10.1. The maximum Gasteiger partial charge on any atom is 0.113 e. The van der Waals surface area contributed by atoms with Gasteiger partial charge in [-0.25, -0.2) is 4.98 Å². The van der Waals surface area contributed by atoms with Crippen molar-refractivity contribution in [3.8, 4) is 6.07 Å². The van der Waals surface area contributed by atoms with E-state index in [-0.39, 0.29) is 0 Å². The summed E-state index contributed by atoms with van der Waals surface area (Å²) in [6.45, 7) is 4.69. The van der Waals surface area contributed by atoms with Crippen LogP contribution in [0.5, 0.6) is 0 Å². The van der Waals surface area contributed by atoms with E-state index in [0.29, 0.717) is 5.75 Å². The fourth-order valence-electron chi connectivity index (χ4n) is 1.18. The van der Waals surface area contributed by atoms with Gasteiger partial charge in [0.1, 0.15) is 5.54 Å². The summed E-state index contributed by atoms with van der Waals surface area (Å²) in [5.74, 6) is 0.686. The fraction of sp³-hybridized carbons (Fsp3) is 0.455. The number of hydrogen-bond acceptors (Lipinski definition) is 4. The zero-order chi connectivity index (χ0) is 12.0. The lowest BCUT2D eigenvalue weighted by Gasteiger charge is -2.21. The largest absolute Gasteiger partial charge is 0.299 e. The number of hydrogen-bond donors (Lipinski definition) is 1. The van der Waals surface area contributed by atoms with Gasteiger partial charge in [0.05, 0.1) is 11.1 Å². The van der Waals surface area contributed by atoms with E-state index in [1.165, 1.54) is 0 Å². The molecule has 1 atom stereocenters. The minimum atomic E-state index is -0.492. The highest BCUT2D eigenvalue weighted by Crippen LogP contribution is 2.21. The third kappa shape index (κ3) is 4.12. The molecular weight excluding hydrogens is 286 g/mol. The number of pyridine rings is 1. The molecule has 0 aliphatic rings. The summed E-state index contributed by atoms with van der Waals surface area (Å²) < 4.78 is 0.964. The summed E-state index contributed by atoms with van der Waals surface area (Å²) in [4.78, 5) is 4.25. The van der Waals surface area contributed by atoms with E-state index in [0.717, 1.165) is 16.0 Å². The maximum atomic E-state index is 9.08. The molecule has 0 aromatic carbocycles. The van der Waals surface area contributed by atoms with Gasteiger partial charge in [0, 0.05) is 16.4 Å². The van der Waals surface area contributed by atoms with Crippen LogP contribution in [0.4, 0.5) is 0 Å². The van der Waals surface area contributed by atoms with Crippen LogP contribution < -0.4 is 5.32 Å². The molecule has 1 aromatic rings. The Bertz CT molecular complexity index is 374. The van der Waals surface area contributed by atoms with Gasteiger partial charge in [-0.2, -0.15) is 5.26 Å². The molecule has 0 bridgehead atoms. The number of thioether (sulfide) groups is 1. The van der Waals surface area contributed by atoms with Gasteiger partial charge in [0.25, 0.3) is 0 Å². The second-order valence-corrected chi connectivity index (χ2v) is 5.49. The van der Waals surface area contributed by atoms with Crippen LogP contribution in [0.3, 0.4) is 0 Å². The summed E-state index contributed by atoms with van der Waals surface area (Å²) in [7, 11) is 0. The first-order valence-electron chi connectivity index (χ1n) is 5.00. The Kier molecular flexibility index (Phi) is 5.26. The van der Waals surface area contributed by atoms with Crippen molar-refractivity contribution in [3.05, 3.63) is 22.8 Å². The monoisotopic (exact) mass is 299 g/mol. The number of halogens is 1. The Morgan fingerprint density at radius 2 is 2.38 bits per heavy atom. The predicted molar refractivity (Wildman–Crippen MR) is 70.4 cm³/mol. The third-order valence-corrected chi connectivity index (χ3v) is 3.75. The molecule has 1 aromatic heterocycles. The highest BCUT2D eigenvalue weighted by molar-refractivity contribution is 9.10. The summed E-state index contributed by atoms with van der Waals surface area (Å²) in [6, 6.07) is 6.19. The number of nitrogens with zero attached hydrogens (tertiary/aromatic N) is 2. The van der Waals surface area contributed by atoms with E-state index in [1.807, 2.05) is 26.0 Å². The van der Waals surface area contributed by atoms with Crippen LogP contribution in [0, 0.1) is 11.3 Å². The van der Waals surface area contributed by atoms with Crippen LogP contribution in [-0.4, -0.2) is 22.8 Å². The molecule has 1 N–H and O–H groups in total. The molecule has 0 fully saturated rings. The Morgan fingerprint density at radius 1 is 1.62 bits per heavy atom. The molecule has 0 aliphatic heterocycles. The molecule has 1 rings (SSSR count). The quantitative estimate of drug-likeness (QED) is 0.850. The van der Waals surface area contributed by atoms with Gasteiger partial charge in [-0.3, -0.25) is 5.32 Å². The van der Waals surface area contributed by atoms with E-state index < -0.39 is 5.54 Å². The maximum absolute atomic E-state index is 9.08. The van der Waals surface area contributed by atoms with Gasteiger partial charge in [0.15, 0.2) is 0 Å². The minimum absolute atomic E-state index is 0.492. The topological polar surface area (TPSA) is 48.7 Å². The van der Waals surface area contributed by atoms with Crippen molar-refractivity contribution in [2.24, 2.45) is 0 Å². The molecule has 0 saturated carbocycles. The van der Waals surface area contributed by atoms with Gasteiger partial charge in [-0.15, -0.1) is 11.8 Å². The summed E-state index contributed by atoms with van der Waals surface area (Å²) in [5.41, 5.74) is -0.492. The molecule has 0 amide bonds. The normalized spacial score (nSPS) is 14.1. The van der Waals surface area contributed by atoms with Crippen molar-refractivity contribution in [1.82, 2.24) is 10.3 Å². The van der Waals surface area contributed by atoms with E-state index in [2.05, 4.69) is 32.3 Å². The fourth-order valence-corrected chi connectivity index (χ4v) is 2.31. The molecule has 5 heteroatoms. The Hall–Kier alpha value is -0.570. The molecule has 0 aliphatic carbocycles. The summed E-state index contributed by atoms with van der Waals surface area (Å²) >= 11 is 4.92. The molecule has 0 radical (unpaired) electrons. The van der Waals surface area contributed by atoms with Crippen LogP contribution >= 0.6 is 27.7 Å². The number of rotatable bonds is 5. The average Bonchev–Trinajstić information content (AvgIpc) is 2.29. The first kappa shape index (κ1) is 13.5. The first-order chi connectivity index (χ1) is 7.59. The zero-order valence-corrected chi connectivity index (χ0v) is 11.7.